The van der Waals surface area contributed by atoms with Crippen molar-refractivity contribution >= 4 is 46.6 Å². The highest BCUT2D eigenvalue weighted by Crippen LogP contribution is 2.33. The summed E-state index contributed by atoms with van der Waals surface area (Å²) in [6.45, 7) is 0. The van der Waals surface area contributed by atoms with E-state index in [0.717, 1.165) is 11.8 Å². The van der Waals surface area contributed by atoms with Crippen LogP contribution in [-0.4, -0.2) is 53.7 Å². The first-order valence-corrected chi connectivity index (χ1v) is 10.2. The number of amides is 2. The van der Waals surface area contributed by atoms with Gasteiger partial charge in [-0.05, 0) is 24.3 Å². The summed E-state index contributed by atoms with van der Waals surface area (Å²) < 4.78 is 10.3. The van der Waals surface area contributed by atoms with Crippen LogP contribution in [-0.2, 0) is 9.59 Å². The minimum absolute atomic E-state index is 0.0348. The van der Waals surface area contributed by atoms with Gasteiger partial charge in [-0.2, -0.15) is 5.10 Å². The van der Waals surface area contributed by atoms with Gasteiger partial charge in [-0.25, -0.2) is 4.79 Å². The second-order valence-electron chi connectivity index (χ2n) is 6.43. The summed E-state index contributed by atoms with van der Waals surface area (Å²) in [5, 5.41) is 22.2. The smallest absolute Gasteiger partial charge is 0.340 e. The number of carboxylic acid groups (broad SMARTS) is 1. The van der Waals surface area contributed by atoms with Crippen LogP contribution in [0.25, 0.3) is 0 Å². The van der Waals surface area contributed by atoms with E-state index in [0.29, 0.717) is 5.69 Å². The Labute approximate surface area is 187 Å². The molecule has 1 unspecified atom stereocenters. The number of hydrogen-bond donors (Lipinski definition) is 3. The zero-order valence-electron chi connectivity index (χ0n) is 17.2. The van der Waals surface area contributed by atoms with Gasteiger partial charge in [-0.3, -0.25) is 9.59 Å². The van der Waals surface area contributed by atoms with Gasteiger partial charge < -0.3 is 25.2 Å². The molecule has 32 heavy (non-hydrogen) atoms. The zero-order chi connectivity index (χ0) is 23.1. The molecule has 0 spiro atoms. The lowest BCUT2D eigenvalue weighted by molar-refractivity contribution is -0.122. The van der Waals surface area contributed by atoms with Crippen LogP contribution in [0.5, 0.6) is 11.5 Å². The Hall–Kier alpha value is -3.86. The van der Waals surface area contributed by atoms with Crippen molar-refractivity contribution in [1.82, 2.24) is 5.32 Å². The van der Waals surface area contributed by atoms with Gasteiger partial charge in [0.1, 0.15) is 10.8 Å². The van der Waals surface area contributed by atoms with Gasteiger partial charge in [0.15, 0.2) is 16.7 Å². The van der Waals surface area contributed by atoms with E-state index >= 15 is 0 Å². The van der Waals surface area contributed by atoms with Crippen molar-refractivity contribution in [2.45, 2.75) is 11.7 Å². The molecule has 0 aromatic heterocycles. The molecule has 1 fully saturated rings. The molecule has 2 aromatic rings. The number of amidine groups is 1. The summed E-state index contributed by atoms with van der Waals surface area (Å²) in [5.41, 5.74) is 0.755. The highest BCUT2D eigenvalue weighted by molar-refractivity contribution is 8.15. The molecule has 10 nitrogen and oxygen atoms in total. The van der Waals surface area contributed by atoms with E-state index in [-0.39, 0.29) is 46.0 Å². The molecule has 1 heterocycles. The number of thioether (sulfide) groups is 1. The van der Waals surface area contributed by atoms with Crippen molar-refractivity contribution in [3.05, 3.63) is 53.6 Å². The number of hydrogen-bond acceptors (Lipinski definition) is 8. The summed E-state index contributed by atoms with van der Waals surface area (Å²) in [4.78, 5) is 36.0. The third-order valence-electron chi connectivity index (χ3n) is 4.34. The van der Waals surface area contributed by atoms with Gasteiger partial charge in [0, 0.05) is 17.7 Å². The summed E-state index contributed by atoms with van der Waals surface area (Å²) in [5.74, 6) is -1.55. The van der Waals surface area contributed by atoms with Crippen molar-refractivity contribution in [2.75, 3.05) is 19.5 Å². The number of carboxylic acids is 1. The highest BCUT2D eigenvalue weighted by Gasteiger charge is 2.32. The number of nitrogens with one attached hydrogen (secondary N) is 2. The second kappa shape index (κ2) is 10.4. The molecule has 3 rings (SSSR count). The van der Waals surface area contributed by atoms with Crippen LogP contribution in [0, 0.1) is 0 Å². The Morgan fingerprint density at radius 3 is 2.59 bits per heavy atom. The molecular formula is C21H20N4O6S. The summed E-state index contributed by atoms with van der Waals surface area (Å²) >= 11 is 1.07. The van der Waals surface area contributed by atoms with E-state index in [4.69, 9.17) is 9.47 Å². The quantitative estimate of drug-likeness (QED) is 0.409. The van der Waals surface area contributed by atoms with Gasteiger partial charge in [-0.15, -0.1) is 5.10 Å². The molecule has 0 aliphatic carbocycles. The zero-order valence-corrected chi connectivity index (χ0v) is 18.0. The van der Waals surface area contributed by atoms with Crippen molar-refractivity contribution in [1.29, 1.82) is 0 Å². The molecule has 2 aromatic carbocycles. The highest BCUT2D eigenvalue weighted by atomic mass is 32.2. The Bertz CT molecular complexity index is 1090. The monoisotopic (exact) mass is 456 g/mol. The Balaban J connectivity index is 1.68. The molecule has 1 aliphatic heterocycles. The first-order valence-electron chi connectivity index (χ1n) is 9.34. The molecule has 1 aliphatic rings. The summed E-state index contributed by atoms with van der Waals surface area (Å²) in [6.07, 6.45) is 1.20. The average molecular weight is 456 g/mol. The van der Waals surface area contributed by atoms with Gasteiger partial charge in [-0.1, -0.05) is 30.0 Å². The first kappa shape index (κ1) is 22.8. The van der Waals surface area contributed by atoms with E-state index in [1.807, 2.05) is 6.07 Å². The number of benzene rings is 2. The third kappa shape index (κ3) is 5.43. The van der Waals surface area contributed by atoms with Crippen LogP contribution < -0.4 is 20.1 Å². The van der Waals surface area contributed by atoms with E-state index in [1.165, 1.54) is 26.5 Å². The molecule has 3 N–H and O–H groups in total. The van der Waals surface area contributed by atoms with E-state index in [2.05, 4.69) is 20.8 Å². The Kier molecular flexibility index (Phi) is 7.45. The molecular weight excluding hydrogens is 436 g/mol. The van der Waals surface area contributed by atoms with E-state index in [9.17, 15) is 19.5 Å². The molecule has 166 valence electrons. The standard InChI is InChI=1S/C21H20N4O6S/c1-30-14-9-8-12(17(20(28)29)18(14)31-2)11-22-25-21-24-19(27)15(32-21)10-16(26)23-13-6-4-3-5-7-13/h3-9,11,15H,10H2,1-2H3,(H,23,26)(H,28,29)(H,24,25,27)/b22-11+. The molecule has 1 saturated heterocycles. The fraction of sp³-hybridized carbons (Fsp3) is 0.190. The maximum Gasteiger partial charge on any atom is 0.340 e. The fourth-order valence-corrected chi connectivity index (χ4v) is 3.83. The molecule has 0 saturated carbocycles. The number of ether oxygens (including phenoxy) is 2. The van der Waals surface area contributed by atoms with E-state index in [1.54, 1.807) is 30.3 Å². The topological polar surface area (TPSA) is 139 Å². The van der Waals surface area contributed by atoms with Gasteiger partial charge in [0.2, 0.25) is 11.8 Å². The molecule has 11 heteroatoms. The lowest BCUT2D eigenvalue weighted by Gasteiger charge is -2.11. The average Bonchev–Trinajstić information content (AvgIpc) is 3.12. The van der Waals surface area contributed by atoms with Gasteiger partial charge in [0.25, 0.3) is 0 Å². The predicted molar refractivity (Wildman–Crippen MR) is 121 cm³/mol. The number of para-hydroxylation sites is 1. The maximum absolute atomic E-state index is 12.2. The number of aromatic carboxylic acids is 1. The van der Waals surface area contributed by atoms with Crippen molar-refractivity contribution in [2.24, 2.45) is 10.2 Å². The number of methoxy groups -OCH3 is 2. The summed E-state index contributed by atoms with van der Waals surface area (Å²) in [6, 6.07) is 12.0. The van der Waals surface area contributed by atoms with Gasteiger partial charge >= 0.3 is 5.97 Å². The van der Waals surface area contributed by atoms with Crippen LogP contribution in [0.1, 0.15) is 22.3 Å². The van der Waals surface area contributed by atoms with Crippen LogP contribution in [0.4, 0.5) is 5.69 Å². The van der Waals surface area contributed by atoms with Crippen molar-refractivity contribution in [3.63, 3.8) is 0 Å². The third-order valence-corrected chi connectivity index (χ3v) is 5.41. The predicted octanol–water partition coefficient (Wildman–Crippen LogP) is 2.35. The molecule has 1 atom stereocenters. The number of nitrogens with zero attached hydrogens (tertiary/aromatic N) is 2. The SMILES string of the molecule is COc1ccc(/C=N/N=C2NC(=O)C(CC(=O)Nc3ccccc3)S2)c(C(=O)O)c1OC. The maximum atomic E-state index is 12.2. The first-order chi connectivity index (χ1) is 15.4. The van der Waals surface area contributed by atoms with Crippen LogP contribution >= 0.6 is 11.8 Å². The van der Waals surface area contributed by atoms with Crippen molar-refractivity contribution in [3.8, 4) is 11.5 Å². The van der Waals surface area contributed by atoms with Crippen LogP contribution in [0.3, 0.4) is 0 Å². The minimum Gasteiger partial charge on any atom is -0.493 e. The lowest BCUT2D eigenvalue weighted by atomic mass is 10.1. The normalized spacial score (nSPS) is 16.8. The number of carbonyl (C=O) groups excluding carboxylic acids is 2. The number of carbonyl (C=O) groups is 3. The minimum atomic E-state index is -1.22. The molecule has 0 bridgehead atoms. The number of rotatable bonds is 8. The Morgan fingerprint density at radius 2 is 1.94 bits per heavy atom. The van der Waals surface area contributed by atoms with Crippen LogP contribution in [0.15, 0.2) is 52.7 Å². The van der Waals surface area contributed by atoms with Crippen molar-refractivity contribution < 1.29 is 29.0 Å². The Morgan fingerprint density at radius 1 is 1.19 bits per heavy atom. The van der Waals surface area contributed by atoms with Gasteiger partial charge in [0.05, 0.1) is 20.4 Å². The fourth-order valence-electron chi connectivity index (χ4n) is 2.90. The van der Waals surface area contributed by atoms with E-state index < -0.39 is 11.2 Å². The lowest BCUT2D eigenvalue weighted by Crippen LogP contribution is -2.28. The largest absolute Gasteiger partial charge is 0.493 e. The second-order valence-corrected chi connectivity index (χ2v) is 7.63. The molecule has 0 radical (unpaired) electrons. The molecule has 2 amide bonds. The number of anilines is 1. The van der Waals surface area contributed by atoms with Crippen LogP contribution in [0.2, 0.25) is 0 Å². The summed E-state index contributed by atoms with van der Waals surface area (Å²) in [7, 11) is 2.74.